The minimum atomic E-state index is -0.873. The van der Waals surface area contributed by atoms with Crippen molar-refractivity contribution in [1.82, 2.24) is 4.90 Å². The third kappa shape index (κ3) is 2.95. The molecule has 0 aromatic heterocycles. The van der Waals surface area contributed by atoms with Gasteiger partial charge in [-0.15, -0.1) is 0 Å². The fraction of sp³-hybridized carbons (Fsp3) is 0.700. The molecule has 0 radical (unpaired) electrons. The molecule has 0 saturated carbocycles. The van der Waals surface area contributed by atoms with E-state index in [2.05, 4.69) is 0 Å². The molecule has 1 saturated heterocycles. The normalized spacial score (nSPS) is 21.1. The number of hydrogen-bond acceptors (Lipinski definition) is 4. The van der Waals surface area contributed by atoms with Gasteiger partial charge in [0.1, 0.15) is 11.6 Å². The molecule has 0 bridgehead atoms. The van der Waals surface area contributed by atoms with Gasteiger partial charge in [0, 0.05) is 6.42 Å². The van der Waals surface area contributed by atoms with Gasteiger partial charge in [-0.05, 0) is 20.8 Å². The predicted molar refractivity (Wildman–Crippen MR) is 55.5 cm³/mol. The van der Waals surface area contributed by atoms with E-state index in [0.717, 1.165) is 4.90 Å². The van der Waals surface area contributed by atoms with Crippen molar-refractivity contribution in [2.24, 2.45) is 5.73 Å². The first-order valence-corrected chi connectivity index (χ1v) is 5.01. The highest BCUT2D eigenvalue weighted by Crippen LogP contribution is 2.18. The van der Waals surface area contributed by atoms with Gasteiger partial charge in [0.05, 0.1) is 6.54 Å². The molecule has 1 aliphatic heterocycles. The Labute approximate surface area is 93.7 Å². The van der Waals surface area contributed by atoms with Gasteiger partial charge in [-0.3, -0.25) is 14.5 Å². The maximum Gasteiger partial charge on any atom is 0.411 e. The summed E-state index contributed by atoms with van der Waals surface area (Å²) in [6.45, 7) is 5.02. The molecule has 1 heterocycles. The lowest BCUT2D eigenvalue weighted by Crippen LogP contribution is -2.45. The number of carbonyl (C=O) groups is 3. The Morgan fingerprint density at radius 3 is 2.44 bits per heavy atom. The number of rotatable bonds is 1. The number of amides is 2. The van der Waals surface area contributed by atoms with Crippen molar-refractivity contribution < 1.29 is 19.1 Å². The largest absolute Gasteiger partial charge is 0.444 e. The van der Waals surface area contributed by atoms with Crippen LogP contribution in [0.5, 0.6) is 0 Å². The van der Waals surface area contributed by atoms with Gasteiger partial charge in [-0.25, -0.2) is 4.79 Å². The highest BCUT2D eigenvalue weighted by Gasteiger charge is 2.39. The molecule has 1 fully saturated rings. The van der Waals surface area contributed by atoms with Gasteiger partial charge in [0.25, 0.3) is 0 Å². The van der Waals surface area contributed by atoms with Crippen molar-refractivity contribution in [2.45, 2.75) is 38.8 Å². The molecule has 90 valence electrons. The lowest BCUT2D eigenvalue weighted by atomic mass is 10.2. The van der Waals surface area contributed by atoms with Crippen molar-refractivity contribution in [3.63, 3.8) is 0 Å². The molecule has 2 amide bonds. The van der Waals surface area contributed by atoms with Crippen LogP contribution in [0.3, 0.4) is 0 Å². The molecule has 1 rings (SSSR count). The van der Waals surface area contributed by atoms with Crippen LogP contribution in [0.1, 0.15) is 27.2 Å². The summed E-state index contributed by atoms with van der Waals surface area (Å²) in [5, 5.41) is 0. The first-order chi connectivity index (χ1) is 7.20. The number of ether oxygens (including phenoxy) is 1. The van der Waals surface area contributed by atoms with E-state index in [-0.39, 0.29) is 18.7 Å². The fourth-order valence-corrected chi connectivity index (χ4v) is 1.46. The summed E-state index contributed by atoms with van der Waals surface area (Å²) in [5.41, 5.74) is 4.45. The zero-order chi connectivity index (χ0) is 12.5. The first kappa shape index (κ1) is 12.5. The quantitative estimate of drug-likeness (QED) is 0.686. The van der Waals surface area contributed by atoms with Crippen LogP contribution in [-0.2, 0) is 14.3 Å². The molecule has 16 heavy (non-hydrogen) atoms. The van der Waals surface area contributed by atoms with Crippen molar-refractivity contribution in [3.8, 4) is 0 Å². The molecule has 1 atom stereocenters. The average molecular weight is 228 g/mol. The minimum Gasteiger partial charge on any atom is -0.444 e. The molecule has 1 aliphatic rings. The van der Waals surface area contributed by atoms with Gasteiger partial charge < -0.3 is 10.5 Å². The third-order valence-corrected chi connectivity index (χ3v) is 2.10. The van der Waals surface area contributed by atoms with Gasteiger partial charge in [-0.1, -0.05) is 0 Å². The van der Waals surface area contributed by atoms with E-state index in [1.807, 2.05) is 0 Å². The molecule has 0 unspecified atom stereocenters. The van der Waals surface area contributed by atoms with Crippen LogP contribution in [0.2, 0.25) is 0 Å². The van der Waals surface area contributed by atoms with E-state index >= 15 is 0 Å². The van der Waals surface area contributed by atoms with Crippen molar-refractivity contribution >= 4 is 17.8 Å². The topological polar surface area (TPSA) is 89.7 Å². The van der Waals surface area contributed by atoms with Crippen LogP contribution in [0.4, 0.5) is 4.79 Å². The fourth-order valence-electron chi connectivity index (χ4n) is 1.46. The summed E-state index contributed by atoms with van der Waals surface area (Å²) in [6, 6.07) is -0.873. The Balaban J connectivity index is 2.75. The molecule has 0 aliphatic carbocycles. The number of carbonyl (C=O) groups excluding carboxylic acids is 3. The molecule has 6 nitrogen and oxygen atoms in total. The Hall–Kier alpha value is -1.59. The van der Waals surface area contributed by atoms with E-state index < -0.39 is 23.6 Å². The molecule has 0 aromatic rings. The van der Waals surface area contributed by atoms with Gasteiger partial charge in [0.15, 0.2) is 5.78 Å². The summed E-state index contributed by atoms with van der Waals surface area (Å²) in [5.74, 6) is -0.869. The molecule has 0 aromatic carbocycles. The summed E-state index contributed by atoms with van der Waals surface area (Å²) >= 11 is 0. The van der Waals surface area contributed by atoms with Gasteiger partial charge >= 0.3 is 6.09 Å². The van der Waals surface area contributed by atoms with Crippen LogP contribution < -0.4 is 5.73 Å². The number of hydrogen-bond donors (Lipinski definition) is 1. The molecule has 0 spiro atoms. The summed E-state index contributed by atoms with van der Waals surface area (Å²) < 4.78 is 5.08. The summed E-state index contributed by atoms with van der Waals surface area (Å²) in [6.07, 6.45) is -0.698. The highest BCUT2D eigenvalue weighted by atomic mass is 16.6. The smallest absolute Gasteiger partial charge is 0.411 e. The average Bonchev–Trinajstić information content (AvgIpc) is 2.44. The number of likely N-dealkylation sites (tertiary alicyclic amines) is 1. The maximum atomic E-state index is 11.7. The zero-order valence-electron chi connectivity index (χ0n) is 9.65. The van der Waals surface area contributed by atoms with E-state index in [9.17, 15) is 14.4 Å². The Morgan fingerprint density at radius 1 is 1.44 bits per heavy atom. The molecule has 2 N–H and O–H groups in total. The monoisotopic (exact) mass is 228 g/mol. The van der Waals surface area contributed by atoms with Crippen LogP contribution >= 0.6 is 0 Å². The second kappa shape index (κ2) is 4.11. The first-order valence-electron chi connectivity index (χ1n) is 5.01. The van der Waals surface area contributed by atoms with Crippen LogP contribution in [0.25, 0.3) is 0 Å². The van der Waals surface area contributed by atoms with Crippen LogP contribution in [0.15, 0.2) is 0 Å². The van der Waals surface area contributed by atoms with Crippen LogP contribution in [-0.4, -0.2) is 40.9 Å². The van der Waals surface area contributed by atoms with Gasteiger partial charge in [-0.2, -0.15) is 0 Å². The standard InChI is InChI=1S/C10H16N2O4/c1-10(2,3)16-9(15)12-5-6(13)4-7(12)8(11)14/h7H,4-5H2,1-3H3,(H2,11,14)/t7-/m1/s1. The van der Waals surface area contributed by atoms with Crippen molar-refractivity contribution in [3.05, 3.63) is 0 Å². The number of ketones is 1. The molecule has 6 heteroatoms. The second-order valence-corrected chi connectivity index (χ2v) is 4.77. The molecular formula is C10H16N2O4. The zero-order valence-corrected chi connectivity index (χ0v) is 9.65. The van der Waals surface area contributed by atoms with E-state index in [4.69, 9.17) is 10.5 Å². The Morgan fingerprint density at radius 2 is 2.00 bits per heavy atom. The lowest BCUT2D eigenvalue weighted by molar-refractivity contribution is -0.123. The maximum absolute atomic E-state index is 11.7. The summed E-state index contributed by atoms with van der Waals surface area (Å²) in [4.78, 5) is 35.0. The number of primary amides is 1. The SMILES string of the molecule is CC(C)(C)OC(=O)N1CC(=O)C[C@@H]1C(N)=O. The summed E-state index contributed by atoms with van der Waals surface area (Å²) in [7, 11) is 0. The van der Waals surface area contributed by atoms with E-state index in [1.165, 1.54) is 0 Å². The van der Waals surface area contributed by atoms with Crippen molar-refractivity contribution in [2.75, 3.05) is 6.54 Å². The number of Topliss-reactive ketones (excluding diaryl/α,β-unsaturated/α-hetero) is 1. The molecular weight excluding hydrogens is 212 g/mol. The van der Waals surface area contributed by atoms with E-state index in [1.54, 1.807) is 20.8 Å². The van der Waals surface area contributed by atoms with Gasteiger partial charge in [0.2, 0.25) is 5.91 Å². The van der Waals surface area contributed by atoms with Crippen molar-refractivity contribution in [1.29, 1.82) is 0 Å². The highest BCUT2D eigenvalue weighted by molar-refractivity contribution is 5.96. The van der Waals surface area contributed by atoms with Crippen LogP contribution in [0, 0.1) is 0 Å². The third-order valence-electron chi connectivity index (χ3n) is 2.10. The number of nitrogens with two attached hydrogens (primary N) is 1. The predicted octanol–water partition coefficient (Wildman–Crippen LogP) is 0.0502. The second-order valence-electron chi connectivity index (χ2n) is 4.77. The number of nitrogens with zero attached hydrogens (tertiary/aromatic N) is 1. The minimum absolute atomic E-state index is 0.0193. The van der Waals surface area contributed by atoms with E-state index in [0.29, 0.717) is 0 Å². The Kier molecular flexibility index (Phi) is 3.21. The Bertz CT molecular complexity index is 332. The lowest BCUT2D eigenvalue weighted by Gasteiger charge is -2.26.